The Morgan fingerprint density at radius 1 is 1.21 bits per heavy atom. The molecule has 148 valence electrons. The van der Waals surface area contributed by atoms with Gasteiger partial charge in [-0.3, -0.25) is 4.79 Å². The maximum Gasteiger partial charge on any atom is 0.205 e. The number of hydrogen-bond acceptors (Lipinski definition) is 5. The molecular formula is C22H25ClN2O3. The van der Waals surface area contributed by atoms with Crippen molar-refractivity contribution in [1.29, 1.82) is 0 Å². The van der Waals surface area contributed by atoms with Gasteiger partial charge in [0, 0.05) is 10.6 Å². The zero-order valence-electron chi connectivity index (χ0n) is 16.1. The van der Waals surface area contributed by atoms with Gasteiger partial charge in [-0.05, 0) is 43.0 Å². The van der Waals surface area contributed by atoms with Crippen LogP contribution in [-0.2, 0) is 21.5 Å². The monoisotopic (exact) mass is 400 g/mol. The van der Waals surface area contributed by atoms with Crippen molar-refractivity contribution in [2.45, 2.75) is 50.8 Å². The predicted molar refractivity (Wildman–Crippen MR) is 111 cm³/mol. The fourth-order valence-corrected chi connectivity index (χ4v) is 3.87. The third-order valence-corrected chi connectivity index (χ3v) is 5.50. The Balaban J connectivity index is 2.02. The SMILES string of the molecule is CCC1OC([C@@H](N)Cc2ccc(O)cc2)=NC(CC)(c2ccccc2Cl)C1=O. The van der Waals surface area contributed by atoms with Crippen LogP contribution in [0.2, 0.25) is 5.02 Å². The minimum atomic E-state index is -1.10. The van der Waals surface area contributed by atoms with E-state index in [0.29, 0.717) is 35.7 Å². The molecule has 5 nitrogen and oxygen atoms in total. The molecule has 2 aromatic carbocycles. The van der Waals surface area contributed by atoms with Gasteiger partial charge in [0.05, 0.1) is 6.04 Å². The number of carbonyl (C=O) groups excluding carboxylic acids is 1. The van der Waals surface area contributed by atoms with Gasteiger partial charge in [-0.2, -0.15) is 0 Å². The standard InChI is InChI=1S/C22H25ClN2O3/c1-3-19-20(27)22(4-2,16-7-5-6-8-17(16)23)25-21(28-19)18(24)13-14-9-11-15(26)12-10-14/h5-12,18-19,26H,3-4,13,24H2,1-2H3/t18-,19?,22?/m0/s1. The third kappa shape index (κ3) is 3.77. The second kappa shape index (κ2) is 8.33. The number of rotatable bonds is 6. The van der Waals surface area contributed by atoms with E-state index in [-0.39, 0.29) is 11.5 Å². The lowest BCUT2D eigenvalue weighted by atomic mass is 9.80. The molecule has 3 N–H and O–H groups in total. The molecule has 1 aliphatic rings. The van der Waals surface area contributed by atoms with Gasteiger partial charge in [0.15, 0.2) is 11.6 Å². The zero-order chi connectivity index (χ0) is 20.3. The van der Waals surface area contributed by atoms with E-state index < -0.39 is 17.7 Å². The lowest BCUT2D eigenvalue weighted by Crippen LogP contribution is -2.51. The number of Topliss-reactive ketones (excluding diaryl/α,β-unsaturated/α-hetero) is 1. The normalized spacial score (nSPS) is 23.1. The van der Waals surface area contributed by atoms with E-state index in [4.69, 9.17) is 27.1 Å². The number of nitrogens with zero attached hydrogens (tertiary/aromatic N) is 1. The van der Waals surface area contributed by atoms with Crippen LogP contribution in [0.1, 0.15) is 37.8 Å². The Kier molecular flexibility index (Phi) is 6.06. The molecule has 3 atom stereocenters. The van der Waals surface area contributed by atoms with Crippen molar-refractivity contribution in [2.75, 3.05) is 0 Å². The predicted octanol–water partition coefficient (Wildman–Crippen LogP) is 4.00. The average Bonchev–Trinajstić information content (AvgIpc) is 2.70. The fourth-order valence-electron chi connectivity index (χ4n) is 3.58. The molecule has 0 saturated carbocycles. The number of hydrogen-bond donors (Lipinski definition) is 2. The minimum absolute atomic E-state index is 0.0915. The van der Waals surface area contributed by atoms with Crippen molar-refractivity contribution in [2.24, 2.45) is 10.7 Å². The van der Waals surface area contributed by atoms with Crippen molar-refractivity contribution in [1.82, 2.24) is 0 Å². The van der Waals surface area contributed by atoms with E-state index in [1.165, 1.54) is 0 Å². The van der Waals surface area contributed by atoms with E-state index >= 15 is 0 Å². The van der Waals surface area contributed by atoms with Crippen LogP contribution in [-0.4, -0.2) is 28.9 Å². The molecule has 1 heterocycles. The molecular weight excluding hydrogens is 376 g/mol. The van der Waals surface area contributed by atoms with E-state index in [0.717, 1.165) is 5.56 Å². The number of halogens is 1. The Morgan fingerprint density at radius 2 is 1.89 bits per heavy atom. The summed E-state index contributed by atoms with van der Waals surface area (Å²) in [6, 6.07) is 13.6. The molecule has 0 saturated heterocycles. The number of ketones is 1. The molecule has 0 fully saturated rings. The van der Waals surface area contributed by atoms with Crippen LogP contribution in [0.3, 0.4) is 0 Å². The first-order chi connectivity index (χ1) is 13.4. The number of aromatic hydroxyl groups is 1. The summed E-state index contributed by atoms with van der Waals surface area (Å²) in [5, 5.41) is 9.96. The number of carbonyl (C=O) groups is 1. The molecule has 1 aliphatic heterocycles. The molecule has 2 aromatic rings. The van der Waals surface area contributed by atoms with Gasteiger partial charge >= 0.3 is 0 Å². The highest BCUT2D eigenvalue weighted by atomic mass is 35.5. The highest BCUT2D eigenvalue weighted by molar-refractivity contribution is 6.32. The van der Waals surface area contributed by atoms with Crippen molar-refractivity contribution >= 4 is 23.3 Å². The molecule has 6 heteroatoms. The summed E-state index contributed by atoms with van der Waals surface area (Å²) < 4.78 is 5.91. The van der Waals surface area contributed by atoms with Crippen molar-refractivity contribution in [3.63, 3.8) is 0 Å². The van der Waals surface area contributed by atoms with Gasteiger partial charge in [0.25, 0.3) is 0 Å². The smallest absolute Gasteiger partial charge is 0.205 e. The molecule has 0 bridgehead atoms. The summed E-state index contributed by atoms with van der Waals surface area (Å²) in [4.78, 5) is 18.0. The number of ether oxygens (including phenoxy) is 1. The Hall–Kier alpha value is -2.37. The summed E-state index contributed by atoms with van der Waals surface area (Å²) in [7, 11) is 0. The minimum Gasteiger partial charge on any atom is -0.508 e. The second-order valence-electron chi connectivity index (χ2n) is 7.00. The first-order valence-corrected chi connectivity index (χ1v) is 9.88. The van der Waals surface area contributed by atoms with Crippen LogP contribution < -0.4 is 5.73 Å². The van der Waals surface area contributed by atoms with Crippen LogP contribution in [0.4, 0.5) is 0 Å². The molecule has 0 radical (unpaired) electrons. The molecule has 0 spiro atoms. The maximum absolute atomic E-state index is 13.3. The molecule has 2 unspecified atom stereocenters. The molecule has 28 heavy (non-hydrogen) atoms. The van der Waals surface area contributed by atoms with E-state index in [1.54, 1.807) is 18.2 Å². The first kappa shape index (κ1) is 20.4. The molecule has 0 aromatic heterocycles. The Morgan fingerprint density at radius 3 is 2.50 bits per heavy atom. The highest BCUT2D eigenvalue weighted by Crippen LogP contribution is 2.40. The number of phenolic OH excluding ortho intramolecular Hbond substituents is 1. The van der Waals surface area contributed by atoms with Crippen molar-refractivity contribution in [3.05, 3.63) is 64.7 Å². The fraction of sp³-hybridized carbons (Fsp3) is 0.364. The zero-order valence-corrected chi connectivity index (χ0v) is 16.8. The number of aliphatic imine (C=N–C) groups is 1. The summed E-state index contributed by atoms with van der Waals surface area (Å²) in [6.07, 6.45) is 0.849. The van der Waals surface area contributed by atoms with E-state index in [9.17, 15) is 9.90 Å². The van der Waals surface area contributed by atoms with Gasteiger partial charge in [-0.15, -0.1) is 0 Å². The summed E-state index contributed by atoms with van der Waals surface area (Å²) in [6.45, 7) is 3.83. The largest absolute Gasteiger partial charge is 0.508 e. The highest BCUT2D eigenvalue weighted by Gasteiger charge is 2.48. The van der Waals surface area contributed by atoms with Crippen LogP contribution in [0.5, 0.6) is 5.75 Å². The summed E-state index contributed by atoms with van der Waals surface area (Å²) >= 11 is 6.44. The average molecular weight is 401 g/mol. The van der Waals surface area contributed by atoms with Gasteiger partial charge < -0.3 is 15.6 Å². The van der Waals surface area contributed by atoms with Crippen molar-refractivity contribution in [3.8, 4) is 5.75 Å². The van der Waals surface area contributed by atoms with Crippen LogP contribution in [0.15, 0.2) is 53.5 Å². The van der Waals surface area contributed by atoms with Gasteiger partial charge in [-0.1, -0.05) is 55.8 Å². The second-order valence-corrected chi connectivity index (χ2v) is 7.41. The lowest BCUT2D eigenvalue weighted by Gasteiger charge is -2.38. The molecule has 3 rings (SSSR count). The van der Waals surface area contributed by atoms with Crippen LogP contribution in [0.25, 0.3) is 0 Å². The van der Waals surface area contributed by atoms with Crippen LogP contribution >= 0.6 is 11.6 Å². The van der Waals surface area contributed by atoms with Gasteiger partial charge in [0.1, 0.15) is 5.75 Å². The third-order valence-electron chi connectivity index (χ3n) is 5.18. The summed E-state index contributed by atoms with van der Waals surface area (Å²) in [5.41, 5.74) is 6.94. The number of phenols is 1. The van der Waals surface area contributed by atoms with Gasteiger partial charge in [0.2, 0.25) is 11.7 Å². The summed E-state index contributed by atoms with van der Waals surface area (Å²) in [5.74, 6) is 0.469. The number of benzene rings is 2. The van der Waals surface area contributed by atoms with E-state index in [2.05, 4.69) is 0 Å². The van der Waals surface area contributed by atoms with Gasteiger partial charge in [-0.25, -0.2) is 4.99 Å². The Labute approximate surface area is 170 Å². The quantitative estimate of drug-likeness (QED) is 0.767. The van der Waals surface area contributed by atoms with E-state index in [1.807, 2.05) is 44.2 Å². The first-order valence-electron chi connectivity index (χ1n) is 9.50. The lowest BCUT2D eigenvalue weighted by molar-refractivity contribution is -0.134. The maximum atomic E-state index is 13.3. The topological polar surface area (TPSA) is 84.9 Å². The molecule has 0 amide bonds. The molecule has 0 aliphatic carbocycles. The van der Waals surface area contributed by atoms with Crippen molar-refractivity contribution < 1.29 is 14.6 Å². The number of nitrogens with two attached hydrogens (primary N) is 1. The van der Waals surface area contributed by atoms with Crippen LogP contribution in [0, 0.1) is 0 Å². The Bertz CT molecular complexity index is 882.